The Balaban J connectivity index is 2.22. The molecule has 0 fully saturated rings. The van der Waals surface area contributed by atoms with Crippen molar-refractivity contribution < 1.29 is 0 Å². The van der Waals surface area contributed by atoms with E-state index in [1.807, 2.05) is 12.1 Å². The Morgan fingerprint density at radius 1 is 1.12 bits per heavy atom. The topological polar surface area (TPSA) is 0 Å². The van der Waals surface area contributed by atoms with Gasteiger partial charge in [-0.2, -0.15) is 0 Å². The van der Waals surface area contributed by atoms with Gasteiger partial charge in [0.1, 0.15) is 0 Å². The van der Waals surface area contributed by atoms with Gasteiger partial charge in [-0.25, -0.2) is 0 Å². The maximum absolute atomic E-state index is 3.45. The van der Waals surface area contributed by atoms with Crippen LogP contribution in [-0.4, -0.2) is 0 Å². The Bertz CT molecular complexity index is 357. The summed E-state index contributed by atoms with van der Waals surface area (Å²) in [5.41, 5.74) is 1.10. The van der Waals surface area contributed by atoms with Gasteiger partial charge < -0.3 is 0 Å². The average molecular weight is 279 g/mol. The van der Waals surface area contributed by atoms with Crippen LogP contribution in [0.15, 0.2) is 28.7 Å². The largest absolute Gasteiger partial charge is 0.0979 e. The van der Waals surface area contributed by atoms with E-state index in [0.717, 1.165) is 16.5 Å². The first kappa shape index (κ1) is 13.3. The zero-order valence-corrected chi connectivity index (χ0v) is 11.5. The molecule has 1 aromatic carbocycles. The van der Waals surface area contributed by atoms with Crippen molar-refractivity contribution in [3.8, 4) is 11.8 Å². The predicted octanol–water partition coefficient (Wildman–Crippen LogP) is 5.16. The Labute approximate surface area is 108 Å². The Hall–Kier alpha value is -0.740. The fourth-order valence-corrected chi connectivity index (χ4v) is 1.95. The fourth-order valence-electron chi connectivity index (χ4n) is 1.55. The number of rotatable bonds is 5. The summed E-state index contributed by atoms with van der Waals surface area (Å²) in [7, 11) is 0. The molecule has 0 N–H and O–H groups in total. The van der Waals surface area contributed by atoms with Gasteiger partial charge in [-0.05, 0) is 24.6 Å². The highest BCUT2D eigenvalue weighted by atomic mass is 79.9. The summed E-state index contributed by atoms with van der Waals surface area (Å²) in [4.78, 5) is 0. The zero-order chi connectivity index (χ0) is 11.6. The summed E-state index contributed by atoms with van der Waals surface area (Å²) < 4.78 is 1.10. The molecule has 1 rings (SSSR count). The van der Waals surface area contributed by atoms with Crippen LogP contribution in [0.2, 0.25) is 0 Å². The van der Waals surface area contributed by atoms with Gasteiger partial charge in [0, 0.05) is 16.5 Å². The van der Waals surface area contributed by atoms with Crippen LogP contribution in [0.1, 0.15) is 51.0 Å². The van der Waals surface area contributed by atoms with Crippen LogP contribution in [0.3, 0.4) is 0 Å². The van der Waals surface area contributed by atoms with Gasteiger partial charge in [-0.1, -0.05) is 66.4 Å². The van der Waals surface area contributed by atoms with Crippen LogP contribution in [0.25, 0.3) is 0 Å². The van der Waals surface area contributed by atoms with Crippen LogP contribution in [0.5, 0.6) is 0 Å². The average Bonchev–Trinajstić information content (AvgIpc) is 2.28. The van der Waals surface area contributed by atoms with E-state index in [1.165, 1.54) is 32.1 Å². The van der Waals surface area contributed by atoms with Crippen molar-refractivity contribution in [3.63, 3.8) is 0 Å². The van der Waals surface area contributed by atoms with Gasteiger partial charge in [0.2, 0.25) is 0 Å². The second-order valence-electron chi connectivity index (χ2n) is 3.98. The highest BCUT2D eigenvalue weighted by Gasteiger charge is 1.88. The lowest BCUT2D eigenvalue weighted by atomic mass is 10.1. The van der Waals surface area contributed by atoms with Gasteiger partial charge >= 0.3 is 0 Å². The first-order chi connectivity index (χ1) is 7.83. The third kappa shape index (κ3) is 5.98. The second kappa shape index (κ2) is 8.42. The summed E-state index contributed by atoms with van der Waals surface area (Å²) in [6.07, 6.45) is 7.61. The first-order valence-corrected chi connectivity index (χ1v) is 6.86. The molecule has 0 aliphatic rings. The van der Waals surface area contributed by atoms with Gasteiger partial charge in [0.15, 0.2) is 0 Å². The summed E-state index contributed by atoms with van der Waals surface area (Å²) in [6, 6.07) is 8.16. The molecule has 16 heavy (non-hydrogen) atoms. The maximum atomic E-state index is 3.45. The molecule has 86 valence electrons. The van der Waals surface area contributed by atoms with E-state index < -0.39 is 0 Å². The quantitative estimate of drug-likeness (QED) is 0.516. The van der Waals surface area contributed by atoms with Crippen molar-refractivity contribution in [2.24, 2.45) is 0 Å². The van der Waals surface area contributed by atoms with Crippen LogP contribution >= 0.6 is 15.9 Å². The molecule has 0 saturated heterocycles. The molecule has 0 amide bonds. The number of hydrogen-bond donors (Lipinski definition) is 0. The van der Waals surface area contributed by atoms with E-state index in [2.05, 4.69) is 46.8 Å². The molecular weight excluding hydrogens is 260 g/mol. The summed E-state index contributed by atoms with van der Waals surface area (Å²) in [6.45, 7) is 2.24. The van der Waals surface area contributed by atoms with Crippen LogP contribution in [0, 0.1) is 11.8 Å². The monoisotopic (exact) mass is 278 g/mol. The third-order valence-electron chi connectivity index (χ3n) is 2.46. The van der Waals surface area contributed by atoms with Crippen molar-refractivity contribution in [1.29, 1.82) is 0 Å². The molecule has 0 unspecified atom stereocenters. The van der Waals surface area contributed by atoms with E-state index in [4.69, 9.17) is 0 Å². The zero-order valence-electron chi connectivity index (χ0n) is 9.93. The lowest BCUT2D eigenvalue weighted by Crippen LogP contribution is -1.77. The van der Waals surface area contributed by atoms with Crippen molar-refractivity contribution in [2.75, 3.05) is 0 Å². The molecule has 0 aliphatic carbocycles. The molecule has 0 heterocycles. The number of unbranched alkanes of at least 4 members (excludes halogenated alkanes) is 5. The van der Waals surface area contributed by atoms with Crippen LogP contribution in [-0.2, 0) is 0 Å². The highest BCUT2D eigenvalue weighted by molar-refractivity contribution is 9.10. The van der Waals surface area contributed by atoms with Gasteiger partial charge in [0.25, 0.3) is 0 Å². The van der Waals surface area contributed by atoms with Crippen molar-refractivity contribution in [2.45, 2.75) is 45.4 Å². The smallest absolute Gasteiger partial charge is 0.0256 e. The molecule has 0 nitrogen and oxygen atoms in total. The Morgan fingerprint density at radius 2 is 1.94 bits per heavy atom. The summed E-state index contributed by atoms with van der Waals surface area (Å²) in [5.74, 6) is 6.43. The van der Waals surface area contributed by atoms with Crippen LogP contribution in [0.4, 0.5) is 0 Å². The number of halogens is 1. The predicted molar refractivity (Wildman–Crippen MR) is 74.4 cm³/mol. The maximum Gasteiger partial charge on any atom is 0.0256 e. The lowest BCUT2D eigenvalue weighted by molar-refractivity contribution is 0.641. The minimum Gasteiger partial charge on any atom is -0.0979 e. The molecular formula is C15H19Br. The van der Waals surface area contributed by atoms with E-state index >= 15 is 0 Å². The van der Waals surface area contributed by atoms with E-state index in [0.29, 0.717) is 0 Å². The van der Waals surface area contributed by atoms with Gasteiger partial charge in [0.05, 0.1) is 0 Å². The molecule has 0 spiro atoms. The fraction of sp³-hybridized carbons (Fsp3) is 0.467. The minimum atomic E-state index is 1.02. The third-order valence-corrected chi connectivity index (χ3v) is 2.96. The minimum absolute atomic E-state index is 1.02. The summed E-state index contributed by atoms with van der Waals surface area (Å²) in [5, 5.41) is 0. The van der Waals surface area contributed by atoms with Gasteiger partial charge in [-0.15, -0.1) is 0 Å². The second-order valence-corrected chi connectivity index (χ2v) is 4.89. The van der Waals surface area contributed by atoms with Crippen molar-refractivity contribution >= 4 is 15.9 Å². The van der Waals surface area contributed by atoms with E-state index in [1.54, 1.807) is 0 Å². The van der Waals surface area contributed by atoms with Crippen molar-refractivity contribution in [3.05, 3.63) is 34.3 Å². The molecule has 0 aliphatic heterocycles. The lowest BCUT2D eigenvalue weighted by Gasteiger charge is -1.94. The standard InChI is InChI=1S/C15H19Br/c1-2-3-4-5-6-7-8-10-14-11-9-12-15(16)13-14/h9,11-13H,2-7H2,1H3. The highest BCUT2D eigenvalue weighted by Crippen LogP contribution is 2.10. The van der Waals surface area contributed by atoms with Gasteiger partial charge in [-0.3, -0.25) is 0 Å². The van der Waals surface area contributed by atoms with Crippen molar-refractivity contribution in [1.82, 2.24) is 0 Å². The van der Waals surface area contributed by atoms with E-state index in [9.17, 15) is 0 Å². The van der Waals surface area contributed by atoms with E-state index in [-0.39, 0.29) is 0 Å². The molecule has 0 bridgehead atoms. The number of benzene rings is 1. The van der Waals surface area contributed by atoms with Crippen LogP contribution < -0.4 is 0 Å². The molecule has 1 aromatic rings. The summed E-state index contributed by atoms with van der Waals surface area (Å²) >= 11 is 3.45. The SMILES string of the molecule is CCCCCCCC#Cc1cccc(Br)c1. The molecule has 0 aromatic heterocycles. The number of hydrogen-bond acceptors (Lipinski definition) is 0. The molecule has 0 saturated carbocycles. The normalized spacial score (nSPS) is 9.62. The Morgan fingerprint density at radius 3 is 2.69 bits per heavy atom. The first-order valence-electron chi connectivity index (χ1n) is 6.07. The Kier molecular flexibility index (Phi) is 7.01. The molecule has 0 atom stereocenters. The molecule has 1 heteroatoms. The molecule has 0 radical (unpaired) electrons.